The molecule has 1 aromatic carbocycles. The Morgan fingerprint density at radius 2 is 1.88 bits per heavy atom. The summed E-state index contributed by atoms with van der Waals surface area (Å²) in [5, 5.41) is 9.10. The Hall–Kier alpha value is -2.93. The quantitative estimate of drug-likeness (QED) is 0.759. The summed E-state index contributed by atoms with van der Waals surface area (Å²) in [4.78, 5) is 15.4. The highest BCUT2D eigenvalue weighted by atomic mass is 32.2. The van der Waals surface area contributed by atoms with Crippen LogP contribution in [0.5, 0.6) is 0 Å². The van der Waals surface area contributed by atoms with Crippen molar-refractivity contribution in [3.63, 3.8) is 0 Å². The fourth-order valence-corrected chi connectivity index (χ4v) is 4.45. The first kappa shape index (κ1) is 16.9. The molecule has 0 saturated carbocycles. The second kappa shape index (κ2) is 6.52. The fraction of sp³-hybridized carbons (Fsp3) is 0.111. The zero-order chi connectivity index (χ0) is 18.0. The fourth-order valence-electron chi connectivity index (χ4n) is 2.73. The first-order chi connectivity index (χ1) is 11.9. The molecule has 0 aliphatic rings. The van der Waals surface area contributed by atoms with Gasteiger partial charge in [-0.1, -0.05) is 24.3 Å². The summed E-state index contributed by atoms with van der Waals surface area (Å²) < 4.78 is 27.8. The van der Waals surface area contributed by atoms with E-state index in [4.69, 9.17) is 5.11 Å². The van der Waals surface area contributed by atoms with Crippen molar-refractivity contribution >= 4 is 15.8 Å². The Morgan fingerprint density at radius 1 is 1.16 bits per heavy atom. The van der Waals surface area contributed by atoms with Gasteiger partial charge in [0.1, 0.15) is 11.4 Å². The molecule has 0 radical (unpaired) electrons. The number of aromatic nitrogens is 2. The summed E-state index contributed by atoms with van der Waals surface area (Å²) in [6.45, 7) is 1.29. The molecule has 0 unspecified atom stereocenters. The maximum Gasteiger partial charge on any atom is 0.323 e. The molecule has 0 fully saturated rings. The van der Waals surface area contributed by atoms with Crippen LogP contribution in [0.25, 0.3) is 11.1 Å². The summed E-state index contributed by atoms with van der Waals surface area (Å²) in [6, 6.07) is 11.5. The van der Waals surface area contributed by atoms with Gasteiger partial charge in [0, 0.05) is 35.4 Å². The first-order valence-electron chi connectivity index (χ1n) is 7.53. The largest absolute Gasteiger partial charge is 0.480 e. The van der Waals surface area contributed by atoms with Gasteiger partial charge in [0.15, 0.2) is 0 Å². The number of nitrogens with zero attached hydrogens (tertiary/aromatic N) is 2. The van der Waals surface area contributed by atoms with Gasteiger partial charge in [-0.2, -0.15) is 0 Å². The molecule has 0 spiro atoms. The van der Waals surface area contributed by atoms with E-state index in [1.165, 1.54) is 16.7 Å². The van der Waals surface area contributed by atoms with Crippen LogP contribution in [0.4, 0.5) is 0 Å². The van der Waals surface area contributed by atoms with Crippen LogP contribution in [0.15, 0.2) is 70.8 Å². The number of carbonyl (C=O) groups is 1. The minimum Gasteiger partial charge on any atom is -0.480 e. The van der Waals surface area contributed by atoms with Gasteiger partial charge in [-0.3, -0.25) is 9.78 Å². The molecule has 6 nitrogen and oxygen atoms in total. The van der Waals surface area contributed by atoms with E-state index in [9.17, 15) is 13.2 Å². The molecule has 0 amide bonds. The number of carboxylic acid groups (broad SMARTS) is 1. The minimum absolute atomic E-state index is 0.105. The predicted molar refractivity (Wildman–Crippen MR) is 91.9 cm³/mol. The second-order valence-electron chi connectivity index (χ2n) is 5.54. The monoisotopic (exact) mass is 356 g/mol. The van der Waals surface area contributed by atoms with Gasteiger partial charge >= 0.3 is 5.97 Å². The highest BCUT2D eigenvalue weighted by Crippen LogP contribution is 2.35. The van der Waals surface area contributed by atoms with E-state index in [2.05, 4.69) is 4.98 Å². The molecule has 0 saturated heterocycles. The third kappa shape index (κ3) is 3.18. The van der Waals surface area contributed by atoms with Crippen LogP contribution in [-0.4, -0.2) is 29.0 Å². The highest BCUT2D eigenvalue weighted by Gasteiger charge is 2.28. The van der Waals surface area contributed by atoms with Gasteiger partial charge in [-0.05, 0) is 25.1 Å². The molecule has 7 heteroatoms. The van der Waals surface area contributed by atoms with Crippen molar-refractivity contribution in [1.29, 1.82) is 0 Å². The van der Waals surface area contributed by atoms with Crippen molar-refractivity contribution < 1.29 is 18.3 Å². The molecule has 128 valence electrons. The third-order valence-corrected chi connectivity index (χ3v) is 5.83. The summed E-state index contributed by atoms with van der Waals surface area (Å²) in [5.74, 6) is -1.04. The number of rotatable bonds is 5. The van der Waals surface area contributed by atoms with Crippen LogP contribution in [0, 0.1) is 6.92 Å². The number of hydrogen-bond acceptors (Lipinski definition) is 4. The van der Waals surface area contributed by atoms with E-state index in [0.717, 1.165) is 0 Å². The third-order valence-electron chi connectivity index (χ3n) is 3.89. The van der Waals surface area contributed by atoms with Crippen molar-refractivity contribution in [2.24, 2.45) is 0 Å². The molecular formula is C18H16N2O4S. The zero-order valence-corrected chi connectivity index (χ0v) is 14.3. The highest BCUT2D eigenvalue weighted by molar-refractivity contribution is 7.91. The Kier molecular flexibility index (Phi) is 4.41. The Morgan fingerprint density at radius 3 is 2.48 bits per heavy atom. The number of aliphatic carboxylic acids is 1. The van der Waals surface area contributed by atoms with Gasteiger partial charge < -0.3 is 9.67 Å². The van der Waals surface area contributed by atoms with E-state index >= 15 is 0 Å². The summed E-state index contributed by atoms with van der Waals surface area (Å²) in [5.41, 5.74) is 1.44. The van der Waals surface area contributed by atoms with Gasteiger partial charge in [-0.25, -0.2) is 8.42 Å². The number of pyridine rings is 1. The van der Waals surface area contributed by atoms with Gasteiger partial charge in [-0.15, -0.1) is 0 Å². The maximum absolute atomic E-state index is 13.2. The molecule has 1 N–H and O–H groups in total. The first-order valence-corrected chi connectivity index (χ1v) is 9.01. The topological polar surface area (TPSA) is 89.3 Å². The number of carboxylic acids is 1. The van der Waals surface area contributed by atoms with E-state index in [1.807, 2.05) is 0 Å². The summed E-state index contributed by atoms with van der Waals surface area (Å²) in [7, 11) is -3.80. The van der Waals surface area contributed by atoms with Crippen LogP contribution in [-0.2, 0) is 21.2 Å². The van der Waals surface area contributed by atoms with E-state index in [0.29, 0.717) is 16.8 Å². The second-order valence-corrected chi connectivity index (χ2v) is 7.42. The van der Waals surface area contributed by atoms with Crippen molar-refractivity contribution in [2.75, 3.05) is 0 Å². The number of benzene rings is 1. The van der Waals surface area contributed by atoms with Gasteiger partial charge in [0.05, 0.1) is 4.90 Å². The van der Waals surface area contributed by atoms with Crippen LogP contribution in [0.3, 0.4) is 0 Å². The SMILES string of the molecule is Cc1c(S(=O)(=O)c2ccccc2)c(-c2cccnc2)cn1CC(=O)O. The molecule has 0 aliphatic carbocycles. The van der Waals surface area contributed by atoms with Gasteiger partial charge in [0.2, 0.25) is 9.84 Å². The lowest BCUT2D eigenvalue weighted by Gasteiger charge is -2.08. The lowest BCUT2D eigenvalue weighted by Crippen LogP contribution is -2.10. The van der Waals surface area contributed by atoms with E-state index in [-0.39, 0.29) is 16.3 Å². The van der Waals surface area contributed by atoms with Crippen molar-refractivity contribution in [2.45, 2.75) is 23.3 Å². The Balaban J connectivity index is 2.28. The maximum atomic E-state index is 13.2. The molecule has 25 heavy (non-hydrogen) atoms. The summed E-state index contributed by atoms with van der Waals surface area (Å²) >= 11 is 0. The van der Waals surface area contributed by atoms with Gasteiger partial charge in [0.25, 0.3) is 0 Å². The zero-order valence-electron chi connectivity index (χ0n) is 13.5. The van der Waals surface area contributed by atoms with Crippen molar-refractivity contribution in [3.8, 4) is 11.1 Å². The average molecular weight is 356 g/mol. The molecule has 0 aliphatic heterocycles. The van der Waals surface area contributed by atoms with Crippen LogP contribution < -0.4 is 0 Å². The van der Waals surface area contributed by atoms with Crippen LogP contribution in [0.2, 0.25) is 0 Å². The predicted octanol–water partition coefficient (Wildman–Crippen LogP) is 2.78. The number of sulfone groups is 1. The van der Waals surface area contributed by atoms with E-state index < -0.39 is 15.8 Å². The normalized spacial score (nSPS) is 11.4. The smallest absolute Gasteiger partial charge is 0.323 e. The summed E-state index contributed by atoms with van der Waals surface area (Å²) in [6.07, 6.45) is 4.70. The Bertz CT molecular complexity index is 1010. The lowest BCUT2D eigenvalue weighted by molar-refractivity contribution is -0.137. The minimum atomic E-state index is -3.80. The molecular weight excluding hydrogens is 340 g/mol. The van der Waals surface area contributed by atoms with Crippen molar-refractivity contribution in [3.05, 3.63) is 66.7 Å². The number of hydrogen-bond donors (Lipinski definition) is 1. The van der Waals surface area contributed by atoms with Crippen molar-refractivity contribution in [1.82, 2.24) is 9.55 Å². The average Bonchev–Trinajstić information content (AvgIpc) is 2.93. The molecule has 3 rings (SSSR count). The molecule has 2 aromatic heterocycles. The molecule has 3 aromatic rings. The standard InChI is InChI=1S/C18H16N2O4S/c1-13-18(25(23,24)15-7-3-2-4-8-15)16(11-20(13)12-17(21)22)14-6-5-9-19-10-14/h2-11H,12H2,1H3,(H,21,22). The lowest BCUT2D eigenvalue weighted by atomic mass is 10.1. The van der Waals surface area contributed by atoms with Crippen LogP contribution >= 0.6 is 0 Å². The molecule has 0 atom stereocenters. The Labute approximate surface area is 145 Å². The van der Waals surface area contributed by atoms with E-state index in [1.54, 1.807) is 55.8 Å². The molecule has 0 bridgehead atoms. The van der Waals surface area contributed by atoms with Crippen LogP contribution in [0.1, 0.15) is 5.69 Å². The molecule has 2 heterocycles.